The van der Waals surface area contributed by atoms with Crippen LogP contribution in [0.15, 0.2) is 47.6 Å². The molecule has 0 aliphatic heterocycles. The van der Waals surface area contributed by atoms with Crippen molar-refractivity contribution >= 4 is 29.6 Å². The van der Waals surface area contributed by atoms with Crippen LogP contribution >= 0.6 is 11.6 Å². The average molecular weight is 404 g/mol. The van der Waals surface area contributed by atoms with Gasteiger partial charge in [0.15, 0.2) is 11.5 Å². The van der Waals surface area contributed by atoms with Gasteiger partial charge in [0.25, 0.3) is 0 Å². The van der Waals surface area contributed by atoms with Gasteiger partial charge in [-0.3, -0.25) is 9.59 Å². The van der Waals surface area contributed by atoms with Crippen LogP contribution in [0, 0.1) is 0 Å². The number of carbonyl (C=O) groups is 2. The highest BCUT2D eigenvalue weighted by atomic mass is 35.5. The summed E-state index contributed by atoms with van der Waals surface area (Å²) >= 11 is 5.86. The lowest BCUT2D eigenvalue weighted by molar-refractivity contribution is -0.129. The first kappa shape index (κ1) is 21.2. The molecule has 7 nitrogen and oxygen atoms in total. The quantitative estimate of drug-likeness (QED) is 0.382. The van der Waals surface area contributed by atoms with Gasteiger partial charge < -0.3 is 14.8 Å². The van der Waals surface area contributed by atoms with Crippen molar-refractivity contribution < 1.29 is 19.1 Å². The zero-order chi connectivity index (χ0) is 20.4. The van der Waals surface area contributed by atoms with E-state index in [1.54, 1.807) is 44.6 Å². The predicted octanol–water partition coefficient (Wildman–Crippen LogP) is 2.56. The van der Waals surface area contributed by atoms with Crippen LogP contribution in [0.4, 0.5) is 0 Å². The van der Waals surface area contributed by atoms with Crippen molar-refractivity contribution in [2.45, 2.75) is 12.8 Å². The second kappa shape index (κ2) is 10.9. The van der Waals surface area contributed by atoms with E-state index in [4.69, 9.17) is 21.1 Å². The molecule has 148 valence electrons. The van der Waals surface area contributed by atoms with Gasteiger partial charge in [0.2, 0.25) is 11.8 Å². The first-order valence-corrected chi connectivity index (χ1v) is 8.94. The Labute approximate surface area is 168 Å². The van der Waals surface area contributed by atoms with E-state index in [1.165, 1.54) is 6.21 Å². The molecule has 0 aliphatic rings. The number of nitrogens with zero attached hydrogens (tertiary/aromatic N) is 1. The number of ether oxygens (including phenoxy) is 2. The fraction of sp³-hybridized carbons (Fsp3) is 0.250. The summed E-state index contributed by atoms with van der Waals surface area (Å²) < 4.78 is 10.4. The number of hydrogen-bond acceptors (Lipinski definition) is 5. The number of methoxy groups -OCH3 is 2. The molecule has 2 rings (SSSR count). The molecule has 28 heavy (non-hydrogen) atoms. The Kier molecular flexibility index (Phi) is 8.30. The van der Waals surface area contributed by atoms with E-state index in [-0.39, 0.29) is 12.3 Å². The minimum atomic E-state index is -0.498. The second-order valence-corrected chi connectivity index (χ2v) is 6.25. The summed E-state index contributed by atoms with van der Waals surface area (Å²) in [6.45, 7) is 0.396. The van der Waals surface area contributed by atoms with Crippen molar-refractivity contribution in [2.24, 2.45) is 5.10 Å². The van der Waals surface area contributed by atoms with Crippen LogP contribution in [0.3, 0.4) is 0 Å². The largest absolute Gasteiger partial charge is 0.493 e. The molecule has 0 saturated carbocycles. The Bertz CT molecular complexity index is 855. The smallest absolute Gasteiger partial charge is 0.249 e. The van der Waals surface area contributed by atoms with Gasteiger partial charge in [0.05, 0.1) is 20.4 Å². The zero-order valence-electron chi connectivity index (χ0n) is 15.7. The molecule has 0 fully saturated rings. The minimum Gasteiger partial charge on any atom is -0.493 e. The molecular formula is C20H22ClN3O4. The van der Waals surface area contributed by atoms with E-state index in [1.807, 2.05) is 12.1 Å². The lowest BCUT2D eigenvalue weighted by Crippen LogP contribution is -2.31. The van der Waals surface area contributed by atoms with Crippen LogP contribution < -0.4 is 20.2 Å². The van der Waals surface area contributed by atoms with E-state index in [0.717, 1.165) is 11.1 Å². The van der Waals surface area contributed by atoms with E-state index < -0.39 is 5.91 Å². The highest BCUT2D eigenvalue weighted by molar-refractivity contribution is 6.30. The lowest BCUT2D eigenvalue weighted by atomic mass is 10.1. The highest BCUT2D eigenvalue weighted by Gasteiger charge is 2.09. The van der Waals surface area contributed by atoms with Crippen molar-refractivity contribution in [3.63, 3.8) is 0 Å². The topological polar surface area (TPSA) is 89.0 Å². The van der Waals surface area contributed by atoms with Crippen LogP contribution in [0.2, 0.25) is 5.02 Å². The molecular weight excluding hydrogens is 382 g/mol. The molecule has 2 amide bonds. The van der Waals surface area contributed by atoms with Gasteiger partial charge in [-0.2, -0.15) is 5.10 Å². The molecule has 0 aromatic heterocycles. The fourth-order valence-corrected chi connectivity index (χ4v) is 2.59. The molecule has 0 unspecified atom stereocenters. The Morgan fingerprint density at radius 1 is 1.07 bits per heavy atom. The van der Waals surface area contributed by atoms with Gasteiger partial charge in [0, 0.05) is 11.6 Å². The number of hydrogen-bond donors (Lipinski definition) is 2. The van der Waals surface area contributed by atoms with Crippen molar-refractivity contribution in [3.05, 3.63) is 58.6 Å². The SMILES string of the molecule is COc1ccc(CCNC(=O)CC(=O)N/N=C\c2cccc(Cl)c2)cc1OC. The number of halogens is 1. The molecule has 8 heteroatoms. The molecule has 0 aliphatic carbocycles. The molecule has 0 heterocycles. The van der Waals surface area contributed by atoms with Crippen LogP contribution in [-0.4, -0.2) is 38.8 Å². The van der Waals surface area contributed by atoms with Crippen molar-refractivity contribution in [2.75, 3.05) is 20.8 Å². The van der Waals surface area contributed by atoms with Gasteiger partial charge in [0.1, 0.15) is 6.42 Å². The number of benzene rings is 2. The number of amides is 2. The summed E-state index contributed by atoms with van der Waals surface area (Å²) in [5.41, 5.74) is 4.04. The van der Waals surface area contributed by atoms with Crippen LogP contribution in [0.1, 0.15) is 17.5 Å². The number of nitrogens with one attached hydrogen (secondary N) is 2. The summed E-state index contributed by atoms with van der Waals surface area (Å²) in [7, 11) is 3.14. The number of carbonyl (C=O) groups excluding carboxylic acids is 2. The van der Waals surface area contributed by atoms with E-state index >= 15 is 0 Å². The number of rotatable bonds is 9. The maximum absolute atomic E-state index is 11.9. The minimum absolute atomic E-state index is 0.307. The van der Waals surface area contributed by atoms with Gasteiger partial charge in [-0.1, -0.05) is 29.8 Å². The molecule has 0 radical (unpaired) electrons. The Morgan fingerprint density at radius 2 is 1.86 bits per heavy atom. The van der Waals surface area contributed by atoms with E-state index in [2.05, 4.69) is 15.8 Å². The zero-order valence-corrected chi connectivity index (χ0v) is 16.5. The summed E-state index contributed by atoms with van der Waals surface area (Å²) in [6.07, 6.45) is 1.75. The summed E-state index contributed by atoms with van der Waals surface area (Å²) in [6, 6.07) is 12.6. The maximum atomic E-state index is 11.9. The Morgan fingerprint density at radius 3 is 2.57 bits per heavy atom. The second-order valence-electron chi connectivity index (χ2n) is 5.81. The molecule has 2 aromatic carbocycles. The Hall–Kier alpha value is -3.06. The Balaban J connectivity index is 1.72. The van der Waals surface area contributed by atoms with Gasteiger partial charge in [-0.05, 0) is 41.8 Å². The lowest BCUT2D eigenvalue weighted by Gasteiger charge is -2.10. The van der Waals surface area contributed by atoms with Crippen molar-refractivity contribution in [1.82, 2.24) is 10.7 Å². The molecule has 0 atom stereocenters. The number of hydrazone groups is 1. The summed E-state index contributed by atoms with van der Waals surface area (Å²) in [5, 5.41) is 7.09. The van der Waals surface area contributed by atoms with Gasteiger partial charge in [-0.25, -0.2) is 5.43 Å². The molecule has 0 spiro atoms. The van der Waals surface area contributed by atoms with E-state index in [9.17, 15) is 9.59 Å². The maximum Gasteiger partial charge on any atom is 0.249 e. The molecule has 0 bridgehead atoms. The summed E-state index contributed by atoms with van der Waals surface area (Å²) in [5.74, 6) is 0.395. The summed E-state index contributed by atoms with van der Waals surface area (Å²) in [4.78, 5) is 23.6. The van der Waals surface area contributed by atoms with Gasteiger partial charge in [-0.15, -0.1) is 0 Å². The normalized spacial score (nSPS) is 10.5. The highest BCUT2D eigenvalue weighted by Crippen LogP contribution is 2.27. The third kappa shape index (κ3) is 6.92. The average Bonchev–Trinajstić information content (AvgIpc) is 2.67. The fourth-order valence-electron chi connectivity index (χ4n) is 2.40. The van der Waals surface area contributed by atoms with Crippen LogP contribution in [0.25, 0.3) is 0 Å². The monoisotopic (exact) mass is 403 g/mol. The predicted molar refractivity (Wildman–Crippen MR) is 108 cm³/mol. The first-order valence-electron chi connectivity index (χ1n) is 8.57. The van der Waals surface area contributed by atoms with Crippen molar-refractivity contribution in [3.8, 4) is 11.5 Å². The standard InChI is InChI=1S/C20H22ClN3O4/c1-27-17-7-6-14(11-18(17)28-2)8-9-22-19(25)12-20(26)24-23-13-15-4-3-5-16(21)10-15/h3-7,10-11,13H,8-9,12H2,1-2H3,(H,22,25)(H,24,26)/b23-13-. The third-order valence-electron chi connectivity index (χ3n) is 3.76. The van der Waals surface area contributed by atoms with Crippen LogP contribution in [0.5, 0.6) is 11.5 Å². The van der Waals surface area contributed by atoms with Gasteiger partial charge >= 0.3 is 0 Å². The van der Waals surface area contributed by atoms with Crippen LogP contribution in [-0.2, 0) is 16.0 Å². The third-order valence-corrected chi connectivity index (χ3v) is 3.99. The first-order chi connectivity index (χ1) is 13.5. The molecule has 0 saturated heterocycles. The molecule has 2 aromatic rings. The van der Waals surface area contributed by atoms with E-state index in [0.29, 0.717) is 29.5 Å². The van der Waals surface area contributed by atoms with Crippen molar-refractivity contribution in [1.29, 1.82) is 0 Å². The molecule has 2 N–H and O–H groups in total.